The number of piperazine rings is 1. The van der Waals surface area contributed by atoms with E-state index in [1.54, 1.807) is 6.20 Å². The zero-order valence-corrected chi connectivity index (χ0v) is 14.3. The van der Waals surface area contributed by atoms with E-state index in [1.165, 1.54) is 0 Å². The number of carboxylic acids is 1. The van der Waals surface area contributed by atoms with Crippen molar-refractivity contribution in [3.8, 4) is 0 Å². The van der Waals surface area contributed by atoms with Crippen molar-refractivity contribution in [1.82, 2.24) is 9.88 Å². The molecule has 2 fully saturated rings. The Hall–Kier alpha value is -2.15. The summed E-state index contributed by atoms with van der Waals surface area (Å²) < 4.78 is 0. The number of carbonyl (C=O) groups is 2. The third kappa shape index (κ3) is 3.08. The number of rotatable bonds is 4. The van der Waals surface area contributed by atoms with Gasteiger partial charge in [0, 0.05) is 26.2 Å². The second kappa shape index (κ2) is 6.05. The van der Waals surface area contributed by atoms with Crippen LogP contribution in [0.1, 0.15) is 13.8 Å². The molecule has 0 spiro atoms. The molecule has 1 aliphatic heterocycles. The van der Waals surface area contributed by atoms with Crippen LogP contribution in [-0.2, 0) is 9.59 Å². The lowest BCUT2D eigenvalue weighted by Gasteiger charge is -2.33. The summed E-state index contributed by atoms with van der Waals surface area (Å²) in [5.41, 5.74) is 0.105. The molecule has 1 aromatic rings. The summed E-state index contributed by atoms with van der Waals surface area (Å²) in [4.78, 5) is 32.4. The number of nitrogens with one attached hydrogen (secondary N) is 1. The molecule has 3 rings (SSSR count). The number of carboxylic acid groups (broad SMARTS) is 1. The number of likely N-dealkylation sites (N-methyl/N-ethyl adjacent to an activating group) is 1. The Labute approximate surface area is 141 Å². The molecule has 130 valence electrons. The first-order chi connectivity index (χ1) is 11.3. The molecule has 0 unspecified atom stereocenters. The molecule has 1 saturated heterocycles. The highest BCUT2D eigenvalue weighted by Gasteiger charge is 2.65. The Balaban J connectivity index is 1.61. The van der Waals surface area contributed by atoms with Gasteiger partial charge >= 0.3 is 5.97 Å². The molecular formula is C17H24N4O3. The summed E-state index contributed by atoms with van der Waals surface area (Å²) in [5.74, 6) is -1.37. The van der Waals surface area contributed by atoms with Crippen molar-refractivity contribution in [3.05, 3.63) is 18.3 Å². The van der Waals surface area contributed by atoms with Gasteiger partial charge in [0.15, 0.2) is 0 Å². The number of aliphatic carboxylic acids is 1. The van der Waals surface area contributed by atoms with Gasteiger partial charge in [-0.1, -0.05) is 13.8 Å². The second-order valence-corrected chi connectivity index (χ2v) is 7.30. The monoisotopic (exact) mass is 332 g/mol. The van der Waals surface area contributed by atoms with Gasteiger partial charge in [0.1, 0.15) is 5.82 Å². The zero-order valence-electron chi connectivity index (χ0n) is 14.3. The molecule has 0 bridgehead atoms. The number of pyridine rings is 1. The van der Waals surface area contributed by atoms with Crippen molar-refractivity contribution in [2.45, 2.75) is 13.8 Å². The highest BCUT2D eigenvalue weighted by molar-refractivity contribution is 5.99. The quantitative estimate of drug-likeness (QED) is 0.860. The highest BCUT2D eigenvalue weighted by atomic mass is 16.4. The predicted octanol–water partition coefficient (Wildman–Crippen LogP) is 1.13. The van der Waals surface area contributed by atoms with Crippen LogP contribution >= 0.6 is 0 Å². The Bertz CT molecular complexity index is 636. The van der Waals surface area contributed by atoms with Crippen LogP contribution in [-0.4, -0.2) is 60.1 Å². The van der Waals surface area contributed by atoms with Crippen molar-refractivity contribution < 1.29 is 14.7 Å². The summed E-state index contributed by atoms with van der Waals surface area (Å²) in [5, 5.41) is 12.0. The van der Waals surface area contributed by atoms with Crippen molar-refractivity contribution in [3.63, 3.8) is 0 Å². The minimum atomic E-state index is -0.913. The first-order valence-electron chi connectivity index (χ1n) is 8.24. The van der Waals surface area contributed by atoms with Gasteiger partial charge in [-0.05, 0) is 24.6 Å². The first kappa shape index (κ1) is 16.7. The molecule has 1 amide bonds. The first-order valence-corrected chi connectivity index (χ1v) is 8.24. The Morgan fingerprint density at radius 1 is 1.21 bits per heavy atom. The van der Waals surface area contributed by atoms with Gasteiger partial charge in [0.05, 0.1) is 23.7 Å². The molecule has 7 nitrogen and oxygen atoms in total. The van der Waals surface area contributed by atoms with E-state index in [9.17, 15) is 14.7 Å². The molecule has 0 radical (unpaired) electrons. The molecule has 2 heterocycles. The predicted molar refractivity (Wildman–Crippen MR) is 91.0 cm³/mol. The van der Waals surface area contributed by atoms with Gasteiger partial charge < -0.3 is 20.2 Å². The fourth-order valence-electron chi connectivity index (χ4n) is 3.49. The number of nitrogens with zero attached hydrogens (tertiary/aromatic N) is 3. The number of hydrogen-bond acceptors (Lipinski definition) is 5. The lowest BCUT2D eigenvalue weighted by molar-refractivity contribution is -0.140. The minimum Gasteiger partial charge on any atom is -0.481 e. The van der Waals surface area contributed by atoms with Crippen LogP contribution in [0, 0.1) is 17.3 Å². The van der Waals surface area contributed by atoms with E-state index in [4.69, 9.17) is 0 Å². The summed E-state index contributed by atoms with van der Waals surface area (Å²) in [7, 11) is 2.10. The Morgan fingerprint density at radius 2 is 1.88 bits per heavy atom. The Kier molecular flexibility index (Phi) is 4.21. The van der Waals surface area contributed by atoms with Gasteiger partial charge in [-0.3, -0.25) is 9.59 Å². The maximum atomic E-state index is 12.3. The molecule has 24 heavy (non-hydrogen) atoms. The van der Waals surface area contributed by atoms with E-state index < -0.39 is 23.2 Å². The fraction of sp³-hybridized carbons (Fsp3) is 0.588. The number of carbonyl (C=O) groups excluding carboxylic acids is 1. The van der Waals surface area contributed by atoms with Gasteiger partial charge in [0.2, 0.25) is 5.91 Å². The van der Waals surface area contributed by atoms with Gasteiger partial charge in [0.25, 0.3) is 0 Å². The number of anilines is 2. The molecular weight excluding hydrogens is 308 g/mol. The minimum absolute atomic E-state index is 0.249. The van der Waals surface area contributed by atoms with E-state index in [2.05, 4.69) is 27.1 Å². The lowest BCUT2D eigenvalue weighted by Crippen LogP contribution is -2.44. The summed E-state index contributed by atoms with van der Waals surface area (Å²) in [6.07, 6.45) is 1.64. The maximum Gasteiger partial charge on any atom is 0.307 e. The zero-order chi connectivity index (χ0) is 17.5. The maximum absolute atomic E-state index is 12.3. The average Bonchev–Trinajstić information content (AvgIpc) is 3.12. The van der Waals surface area contributed by atoms with Crippen molar-refractivity contribution >= 4 is 23.4 Å². The standard InChI is InChI=1S/C17H24N4O3/c1-17(2)13(14(17)16(23)24)15(22)19-11-4-5-12(18-10-11)21-8-6-20(3)7-9-21/h4-5,10,13-14H,6-9H2,1-3H3,(H,19,22)(H,23,24)/t13-,14+/m0/s1. The van der Waals surface area contributed by atoms with Crippen molar-refractivity contribution in [1.29, 1.82) is 0 Å². The van der Waals surface area contributed by atoms with Crippen LogP contribution in [0.3, 0.4) is 0 Å². The van der Waals surface area contributed by atoms with E-state index >= 15 is 0 Å². The van der Waals surface area contributed by atoms with E-state index in [-0.39, 0.29) is 5.91 Å². The highest BCUT2D eigenvalue weighted by Crippen LogP contribution is 2.58. The van der Waals surface area contributed by atoms with Crippen LogP contribution in [0.2, 0.25) is 0 Å². The third-order valence-electron chi connectivity index (χ3n) is 5.22. The molecule has 2 atom stereocenters. The summed E-state index contributed by atoms with van der Waals surface area (Å²) in [6.45, 7) is 7.51. The lowest BCUT2D eigenvalue weighted by atomic mass is 10.1. The number of aromatic nitrogens is 1. The molecule has 1 aromatic heterocycles. The Morgan fingerprint density at radius 3 is 2.38 bits per heavy atom. The number of amides is 1. The molecule has 7 heteroatoms. The van der Waals surface area contributed by atoms with Crippen LogP contribution in [0.15, 0.2) is 18.3 Å². The van der Waals surface area contributed by atoms with Crippen LogP contribution in [0.25, 0.3) is 0 Å². The molecule has 2 N–H and O–H groups in total. The fourth-order valence-corrected chi connectivity index (χ4v) is 3.49. The molecule has 2 aliphatic rings. The number of hydrogen-bond donors (Lipinski definition) is 2. The third-order valence-corrected chi connectivity index (χ3v) is 5.22. The SMILES string of the molecule is CN1CCN(c2ccc(NC(=O)[C@@H]3[C@H](C(=O)O)C3(C)C)cn2)CC1. The van der Waals surface area contributed by atoms with Crippen molar-refractivity contribution in [2.75, 3.05) is 43.4 Å². The van der Waals surface area contributed by atoms with Gasteiger partial charge in [-0.15, -0.1) is 0 Å². The topological polar surface area (TPSA) is 85.8 Å². The normalized spacial score (nSPS) is 26.0. The summed E-state index contributed by atoms with van der Waals surface area (Å²) >= 11 is 0. The van der Waals surface area contributed by atoms with E-state index in [0.717, 1.165) is 32.0 Å². The molecule has 0 aromatic carbocycles. The van der Waals surface area contributed by atoms with E-state index in [0.29, 0.717) is 5.69 Å². The average molecular weight is 332 g/mol. The van der Waals surface area contributed by atoms with Crippen molar-refractivity contribution in [2.24, 2.45) is 17.3 Å². The van der Waals surface area contributed by atoms with Gasteiger partial charge in [-0.2, -0.15) is 0 Å². The largest absolute Gasteiger partial charge is 0.481 e. The van der Waals surface area contributed by atoms with Crippen LogP contribution < -0.4 is 10.2 Å². The van der Waals surface area contributed by atoms with Gasteiger partial charge in [-0.25, -0.2) is 4.98 Å². The van der Waals surface area contributed by atoms with Crippen LogP contribution in [0.5, 0.6) is 0 Å². The van der Waals surface area contributed by atoms with Crippen LogP contribution in [0.4, 0.5) is 11.5 Å². The smallest absolute Gasteiger partial charge is 0.307 e. The van der Waals surface area contributed by atoms with E-state index in [1.807, 2.05) is 26.0 Å². The molecule has 1 aliphatic carbocycles. The summed E-state index contributed by atoms with van der Waals surface area (Å²) in [6, 6.07) is 3.72. The molecule has 1 saturated carbocycles. The second-order valence-electron chi connectivity index (χ2n) is 7.30.